The second kappa shape index (κ2) is 8.39. The summed E-state index contributed by atoms with van der Waals surface area (Å²) in [4.78, 5) is 39.1. The third-order valence-corrected chi connectivity index (χ3v) is 3.13. The van der Waals surface area contributed by atoms with Gasteiger partial charge in [-0.15, -0.1) is 6.58 Å². The van der Waals surface area contributed by atoms with Crippen molar-refractivity contribution >= 4 is 29.1 Å². The molecule has 1 aromatic heterocycles. The summed E-state index contributed by atoms with van der Waals surface area (Å²) in [5, 5.41) is 7.97. The molecule has 3 N–H and O–H groups in total. The summed E-state index contributed by atoms with van der Waals surface area (Å²) in [5.74, 6) is -0.894. The van der Waals surface area contributed by atoms with Crippen LogP contribution in [0.2, 0.25) is 0 Å². The highest BCUT2D eigenvalue weighted by Crippen LogP contribution is 2.15. The highest BCUT2D eigenvalue weighted by molar-refractivity contribution is 6.06. The molecule has 25 heavy (non-hydrogen) atoms. The summed E-state index contributed by atoms with van der Waals surface area (Å²) >= 11 is 0. The topological polar surface area (TPSA) is 100 Å². The number of hydrogen-bond donors (Lipinski definition) is 3. The molecule has 0 atom stereocenters. The van der Waals surface area contributed by atoms with Crippen LogP contribution >= 0.6 is 0 Å². The van der Waals surface area contributed by atoms with E-state index in [2.05, 4.69) is 27.5 Å². The van der Waals surface area contributed by atoms with Gasteiger partial charge in [0.15, 0.2) is 0 Å². The van der Waals surface area contributed by atoms with Crippen molar-refractivity contribution in [1.82, 2.24) is 10.3 Å². The van der Waals surface area contributed by atoms with E-state index in [0.717, 1.165) is 0 Å². The number of carbonyl (C=O) groups is 3. The van der Waals surface area contributed by atoms with E-state index >= 15 is 0 Å². The number of aromatic nitrogens is 1. The quantitative estimate of drug-likeness (QED) is 0.703. The van der Waals surface area contributed by atoms with E-state index in [-0.39, 0.29) is 22.9 Å². The van der Waals surface area contributed by atoms with Gasteiger partial charge < -0.3 is 16.0 Å². The van der Waals surface area contributed by atoms with Crippen molar-refractivity contribution in [3.05, 3.63) is 66.5 Å². The molecule has 1 heterocycles. The van der Waals surface area contributed by atoms with Gasteiger partial charge in [0.2, 0.25) is 5.91 Å². The zero-order valence-electron chi connectivity index (χ0n) is 13.7. The second-order valence-electron chi connectivity index (χ2n) is 5.17. The molecule has 0 bridgehead atoms. The Morgan fingerprint density at radius 1 is 1.00 bits per heavy atom. The number of rotatable bonds is 6. The lowest BCUT2D eigenvalue weighted by atomic mass is 10.1. The first-order chi connectivity index (χ1) is 12.0. The minimum atomic E-state index is -0.391. The van der Waals surface area contributed by atoms with Crippen LogP contribution in [0.3, 0.4) is 0 Å². The van der Waals surface area contributed by atoms with Crippen molar-refractivity contribution in [2.45, 2.75) is 6.92 Å². The van der Waals surface area contributed by atoms with Gasteiger partial charge in [-0.1, -0.05) is 6.08 Å². The predicted octanol–water partition coefficient (Wildman–Crippen LogP) is 2.21. The van der Waals surface area contributed by atoms with Crippen LogP contribution in [0.4, 0.5) is 11.4 Å². The Labute approximate surface area is 145 Å². The summed E-state index contributed by atoms with van der Waals surface area (Å²) in [5.41, 5.74) is 1.74. The molecule has 128 valence electrons. The number of benzene rings is 1. The lowest BCUT2D eigenvalue weighted by Gasteiger charge is -2.08. The standard InChI is InChI=1S/C18H18N4O3/c1-3-8-20-17(24)13-9-14(11-19-10-13)18(25)22-16-6-4-15(5-7-16)21-12(2)23/h3-7,9-11H,1,8H2,2H3,(H,20,24)(H,21,23)(H,22,25). The van der Waals surface area contributed by atoms with E-state index in [4.69, 9.17) is 0 Å². The summed E-state index contributed by atoms with van der Waals surface area (Å²) < 4.78 is 0. The van der Waals surface area contributed by atoms with Crippen molar-refractivity contribution in [3.8, 4) is 0 Å². The molecule has 7 nitrogen and oxygen atoms in total. The third kappa shape index (κ3) is 5.28. The highest BCUT2D eigenvalue weighted by Gasteiger charge is 2.11. The van der Waals surface area contributed by atoms with Crippen molar-refractivity contribution in [2.24, 2.45) is 0 Å². The van der Waals surface area contributed by atoms with Crippen LogP contribution in [0.5, 0.6) is 0 Å². The van der Waals surface area contributed by atoms with E-state index in [1.165, 1.54) is 25.4 Å². The molecule has 3 amide bonds. The lowest BCUT2D eigenvalue weighted by Crippen LogP contribution is -2.24. The predicted molar refractivity (Wildman–Crippen MR) is 95.5 cm³/mol. The first-order valence-corrected chi connectivity index (χ1v) is 7.52. The van der Waals surface area contributed by atoms with Crippen molar-refractivity contribution in [3.63, 3.8) is 0 Å². The molecule has 0 saturated carbocycles. The van der Waals surface area contributed by atoms with Gasteiger partial charge in [-0.3, -0.25) is 19.4 Å². The van der Waals surface area contributed by atoms with Gasteiger partial charge in [-0.2, -0.15) is 0 Å². The van der Waals surface area contributed by atoms with Crippen LogP contribution in [0.15, 0.2) is 55.4 Å². The molecule has 0 saturated heterocycles. The Morgan fingerprint density at radius 2 is 1.56 bits per heavy atom. The highest BCUT2D eigenvalue weighted by atomic mass is 16.2. The molecule has 0 radical (unpaired) electrons. The Kier molecular flexibility index (Phi) is 6.00. The van der Waals surface area contributed by atoms with Gasteiger partial charge in [-0.05, 0) is 30.3 Å². The Morgan fingerprint density at radius 3 is 2.12 bits per heavy atom. The van der Waals surface area contributed by atoms with Crippen molar-refractivity contribution in [2.75, 3.05) is 17.2 Å². The van der Waals surface area contributed by atoms with Crippen LogP contribution < -0.4 is 16.0 Å². The summed E-state index contributed by atoms with van der Waals surface area (Å²) in [6, 6.07) is 8.14. The maximum absolute atomic E-state index is 12.3. The fourth-order valence-corrected chi connectivity index (χ4v) is 2.00. The van der Waals surface area contributed by atoms with E-state index in [1.54, 1.807) is 30.3 Å². The summed E-state index contributed by atoms with van der Waals surface area (Å²) in [6.45, 7) is 5.27. The molecule has 7 heteroatoms. The minimum absolute atomic E-state index is 0.172. The summed E-state index contributed by atoms with van der Waals surface area (Å²) in [7, 11) is 0. The van der Waals surface area contributed by atoms with Gasteiger partial charge in [0.1, 0.15) is 0 Å². The fraction of sp³-hybridized carbons (Fsp3) is 0.111. The number of pyridine rings is 1. The smallest absolute Gasteiger partial charge is 0.257 e. The molecule has 2 aromatic rings. The molecule has 2 rings (SSSR count). The number of nitrogens with one attached hydrogen (secondary N) is 3. The second-order valence-corrected chi connectivity index (χ2v) is 5.17. The van der Waals surface area contributed by atoms with Crippen LogP contribution in [0.1, 0.15) is 27.6 Å². The van der Waals surface area contributed by atoms with E-state index < -0.39 is 5.91 Å². The Balaban J connectivity index is 2.06. The fourth-order valence-electron chi connectivity index (χ4n) is 2.00. The van der Waals surface area contributed by atoms with Gasteiger partial charge in [0.25, 0.3) is 11.8 Å². The molecule has 0 spiro atoms. The largest absolute Gasteiger partial charge is 0.349 e. The van der Waals surface area contributed by atoms with E-state index in [0.29, 0.717) is 17.9 Å². The number of amides is 3. The van der Waals surface area contributed by atoms with E-state index in [9.17, 15) is 14.4 Å². The molecule has 0 unspecified atom stereocenters. The summed E-state index contributed by atoms with van der Waals surface area (Å²) in [6.07, 6.45) is 4.33. The normalized spacial score (nSPS) is 9.80. The van der Waals surface area contributed by atoms with Crippen LogP contribution in [0.25, 0.3) is 0 Å². The molecule has 0 aliphatic heterocycles. The lowest BCUT2D eigenvalue weighted by molar-refractivity contribution is -0.114. The third-order valence-electron chi connectivity index (χ3n) is 3.13. The zero-order chi connectivity index (χ0) is 18.2. The van der Waals surface area contributed by atoms with Crippen molar-refractivity contribution in [1.29, 1.82) is 0 Å². The van der Waals surface area contributed by atoms with Crippen LogP contribution in [-0.2, 0) is 4.79 Å². The van der Waals surface area contributed by atoms with Crippen molar-refractivity contribution < 1.29 is 14.4 Å². The molecule has 0 aliphatic carbocycles. The number of hydrogen-bond acceptors (Lipinski definition) is 4. The SMILES string of the molecule is C=CCNC(=O)c1cncc(C(=O)Nc2ccc(NC(C)=O)cc2)c1. The zero-order valence-corrected chi connectivity index (χ0v) is 13.7. The molecular weight excluding hydrogens is 320 g/mol. The van der Waals surface area contributed by atoms with Gasteiger partial charge in [-0.25, -0.2) is 0 Å². The maximum Gasteiger partial charge on any atom is 0.257 e. The van der Waals surface area contributed by atoms with Crippen LogP contribution in [0, 0.1) is 0 Å². The van der Waals surface area contributed by atoms with Crippen LogP contribution in [-0.4, -0.2) is 29.3 Å². The van der Waals surface area contributed by atoms with Gasteiger partial charge in [0.05, 0.1) is 11.1 Å². The molecule has 0 aliphatic rings. The Bertz CT molecular complexity index is 800. The number of anilines is 2. The first kappa shape index (κ1) is 17.9. The average molecular weight is 338 g/mol. The maximum atomic E-state index is 12.3. The molecule has 1 aromatic carbocycles. The molecular formula is C18H18N4O3. The average Bonchev–Trinajstić information content (AvgIpc) is 2.61. The number of nitrogens with zero attached hydrogens (tertiary/aromatic N) is 1. The van der Waals surface area contributed by atoms with Gasteiger partial charge in [0, 0.05) is 37.2 Å². The number of carbonyl (C=O) groups excluding carboxylic acids is 3. The van der Waals surface area contributed by atoms with E-state index in [1.807, 2.05) is 0 Å². The van der Waals surface area contributed by atoms with Gasteiger partial charge >= 0.3 is 0 Å². The monoisotopic (exact) mass is 338 g/mol. The molecule has 0 fully saturated rings. The first-order valence-electron chi connectivity index (χ1n) is 7.52. The Hall–Kier alpha value is -3.48. The minimum Gasteiger partial charge on any atom is -0.349 e.